The Kier molecular flexibility index (Phi) is 7.64. The van der Waals surface area contributed by atoms with Gasteiger partial charge in [0.2, 0.25) is 0 Å². The maximum atomic E-state index is 12.7. The van der Waals surface area contributed by atoms with E-state index in [4.69, 9.17) is 22.2 Å². The van der Waals surface area contributed by atoms with Crippen molar-refractivity contribution in [1.82, 2.24) is 10.2 Å². The van der Waals surface area contributed by atoms with Gasteiger partial charge in [-0.2, -0.15) is 5.26 Å². The molecule has 0 spiro atoms. The van der Waals surface area contributed by atoms with E-state index >= 15 is 0 Å². The summed E-state index contributed by atoms with van der Waals surface area (Å²) in [6, 6.07) is 14.9. The summed E-state index contributed by atoms with van der Waals surface area (Å²) in [6.45, 7) is 6.49. The molecule has 3 rings (SSSR count). The van der Waals surface area contributed by atoms with Gasteiger partial charge in [-0.1, -0.05) is 18.2 Å². The molecule has 1 atom stereocenters. The van der Waals surface area contributed by atoms with E-state index in [1.807, 2.05) is 36.9 Å². The average molecular weight is 464 g/mol. The molecule has 0 aliphatic carbocycles. The fourth-order valence-corrected chi connectivity index (χ4v) is 3.99. The predicted octanol–water partition coefficient (Wildman–Crippen LogP) is 4.29. The highest BCUT2D eigenvalue weighted by atomic mass is 32.1. The number of carbonyl (C=O) groups excluding carboxylic acids is 2. The first-order valence-electron chi connectivity index (χ1n) is 10.5. The number of hydrogen-bond donors (Lipinski definition) is 3. The summed E-state index contributed by atoms with van der Waals surface area (Å²) in [4.78, 5) is 26.9. The summed E-state index contributed by atoms with van der Waals surface area (Å²) < 4.78 is 5.29. The molecule has 0 radical (unpaired) electrons. The van der Waals surface area contributed by atoms with Crippen LogP contribution in [0.1, 0.15) is 37.9 Å². The second kappa shape index (κ2) is 10.6. The second-order valence-corrected chi connectivity index (χ2v) is 7.63. The number of rotatable bonds is 6. The van der Waals surface area contributed by atoms with Crippen LogP contribution in [0.25, 0.3) is 0 Å². The number of nitrogens with zero attached hydrogens (tertiary/aromatic N) is 2. The first kappa shape index (κ1) is 23.8. The largest absolute Gasteiger partial charge is 0.463 e. The summed E-state index contributed by atoms with van der Waals surface area (Å²) >= 11 is 5.49. The van der Waals surface area contributed by atoms with Crippen LogP contribution in [-0.4, -0.2) is 35.2 Å². The molecule has 2 amide bonds. The van der Waals surface area contributed by atoms with Crippen molar-refractivity contribution < 1.29 is 14.3 Å². The fourth-order valence-electron chi connectivity index (χ4n) is 3.60. The van der Waals surface area contributed by atoms with Crippen LogP contribution < -0.4 is 16.0 Å². The van der Waals surface area contributed by atoms with E-state index in [9.17, 15) is 9.59 Å². The third-order valence-electron chi connectivity index (χ3n) is 5.16. The first-order chi connectivity index (χ1) is 15.9. The Labute approximate surface area is 198 Å². The zero-order valence-corrected chi connectivity index (χ0v) is 19.5. The molecule has 1 aliphatic heterocycles. The number of allylic oxidation sites excluding steroid dienone is 1. The van der Waals surface area contributed by atoms with Crippen LogP contribution in [0.15, 0.2) is 59.8 Å². The number of thiocarbonyl (C=S) groups is 1. The van der Waals surface area contributed by atoms with E-state index in [2.05, 4.69) is 16.0 Å². The lowest BCUT2D eigenvalue weighted by molar-refractivity contribution is -0.139. The minimum atomic E-state index is -0.462. The Hall–Kier alpha value is -3.90. The average Bonchev–Trinajstić information content (AvgIpc) is 2.79. The molecule has 33 heavy (non-hydrogen) atoms. The maximum absolute atomic E-state index is 12.7. The van der Waals surface area contributed by atoms with Crippen molar-refractivity contribution in [1.29, 1.82) is 5.26 Å². The lowest BCUT2D eigenvalue weighted by atomic mass is 9.95. The molecule has 0 aromatic heterocycles. The number of urea groups is 1. The Morgan fingerprint density at radius 3 is 2.48 bits per heavy atom. The lowest BCUT2D eigenvalue weighted by Crippen LogP contribution is -2.47. The van der Waals surface area contributed by atoms with Gasteiger partial charge < -0.3 is 25.6 Å². The summed E-state index contributed by atoms with van der Waals surface area (Å²) in [5, 5.41) is 18.2. The molecular formula is C24H25N5O3S. The number of amides is 2. The summed E-state index contributed by atoms with van der Waals surface area (Å²) in [7, 11) is 0. The Morgan fingerprint density at radius 2 is 1.85 bits per heavy atom. The third kappa shape index (κ3) is 5.48. The van der Waals surface area contributed by atoms with Crippen molar-refractivity contribution >= 4 is 40.7 Å². The monoisotopic (exact) mass is 463 g/mol. The number of hydrogen-bond acceptors (Lipinski definition) is 5. The molecule has 3 N–H and O–H groups in total. The van der Waals surface area contributed by atoms with E-state index in [0.717, 1.165) is 11.3 Å². The first-order valence-corrected chi connectivity index (χ1v) is 10.9. The highest BCUT2D eigenvalue weighted by Gasteiger charge is 2.34. The van der Waals surface area contributed by atoms with Gasteiger partial charge in [-0.05, 0) is 68.9 Å². The highest BCUT2D eigenvalue weighted by molar-refractivity contribution is 7.80. The van der Waals surface area contributed by atoms with Crippen molar-refractivity contribution in [3.05, 3.63) is 70.9 Å². The number of anilines is 2. The second-order valence-electron chi connectivity index (χ2n) is 7.24. The molecule has 170 valence electrons. The van der Waals surface area contributed by atoms with Crippen molar-refractivity contribution in [2.45, 2.75) is 26.8 Å². The molecule has 2 aromatic rings. The van der Waals surface area contributed by atoms with E-state index in [0.29, 0.717) is 34.2 Å². The van der Waals surface area contributed by atoms with E-state index < -0.39 is 18.0 Å². The summed E-state index contributed by atoms with van der Waals surface area (Å²) in [5.74, 6) is -0.394. The summed E-state index contributed by atoms with van der Waals surface area (Å²) in [6.07, 6.45) is 0. The van der Waals surface area contributed by atoms with Gasteiger partial charge in [-0.25, -0.2) is 9.59 Å². The van der Waals surface area contributed by atoms with Crippen molar-refractivity contribution in [2.24, 2.45) is 0 Å². The van der Waals surface area contributed by atoms with Gasteiger partial charge in [0.05, 0.1) is 29.9 Å². The highest BCUT2D eigenvalue weighted by Crippen LogP contribution is 2.32. The number of esters is 1. The number of carbonyl (C=O) groups is 2. The van der Waals surface area contributed by atoms with Crippen molar-refractivity contribution in [3.63, 3.8) is 0 Å². The zero-order chi connectivity index (χ0) is 24.0. The topological polar surface area (TPSA) is 106 Å². The molecule has 1 unspecified atom stereocenters. The normalized spacial score (nSPS) is 15.4. The van der Waals surface area contributed by atoms with Crippen LogP contribution in [0.2, 0.25) is 0 Å². The third-order valence-corrected chi connectivity index (χ3v) is 5.50. The fraction of sp³-hybridized carbons (Fsp3) is 0.250. The minimum absolute atomic E-state index is 0.272. The molecular weight excluding hydrogens is 438 g/mol. The van der Waals surface area contributed by atoms with E-state index in [1.54, 1.807) is 43.3 Å². The molecule has 1 heterocycles. The number of benzene rings is 2. The van der Waals surface area contributed by atoms with Crippen LogP contribution in [0.4, 0.5) is 16.2 Å². The van der Waals surface area contributed by atoms with Gasteiger partial charge in [-0.3, -0.25) is 0 Å². The van der Waals surface area contributed by atoms with Crippen molar-refractivity contribution in [2.75, 3.05) is 23.8 Å². The van der Waals surface area contributed by atoms with Crippen molar-refractivity contribution in [3.8, 4) is 6.07 Å². The Balaban J connectivity index is 1.78. The maximum Gasteiger partial charge on any atom is 0.338 e. The number of nitrogens with one attached hydrogen (secondary N) is 3. The Morgan fingerprint density at radius 1 is 1.15 bits per heavy atom. The number of ether oxygens (including phenoxy) is 1. The SMILES string of the molecule is CCOC(=O)C1=C(C)N(CC)C(=S)NC1c1ccc(NC(=O)Nc2cccc(C#N)c2)cc1. The number of nitriles is 1. The van der Waals surface area contributed by atoms with Gasteiger partial charge >= 0.3 is 12.0 Å². The summed E-state index contributed by atoms with van der Waals surface area (Å²) in [5.41, 5.74) is 3.61. The van der Waals surface area contributed by atoms with E-state index in [1.165, 1.54) is 0 Å². The van der Waals surface area contributed by atoms with Gasteiger partial charge in [-0.15, -0.1) is 0 Å². The van der Waals surface area contributed by atoms with Crippen LogP contribution in [0, 0.1) is 11.3 Å². The van der Waals surface area contributed by atoms with Crippen LogP contribution in [0.3, 0.4) is 0 Å². The quantitative estimate of drug-likeness (QED) is 0.433. The molecule has 0 saturated heterocycles. The van der Waals surface area contributed by atoms with Gasteiger partial charge in [0.1, 0.15) is 0 Å². The smallest absolute Gasteiger partial charge is 0.338 e. The molecule has 9 heteroatoms. The lowest BCUT2D eigenvalue weighted by Gasteiger charge is -2.37. The minimum Gasteiger partial charge on any atom is -0.463 e. The standard InChI is InChI=1S/C24H25N5O3S/c1-4-29-15(3)20(22(30)32-5-2)21(28-24(29)33)17-9-11-18(12-10-17)26-23(31)27-19-8-6-7-16(13-19)14-25/h6-13,21H,4-5H2,1-3H3,(H,28,33)(H2,26,27,31). The predicted molar refractivity (Wildman–Crippen MR) is 130 cm³/mol. The van der Waals surface area contributed by atoms with Gasteiger partial charge in [0, 0.05) is 23.6 Å². The van der Waals surface area contributed by atoms with Crippen LogP contribution in [-0.2, 0) is 9.53 Å². The molecule has 1 aliphatic rings. The van der Waals surface area contributed by atoms with Gasteiger partial charge in [0.25, 0.3) is 0 Å². The van der Waals surface area contributed by atoms with Gasteiger partial charge in [0.15, 0.2) is 5.11 Å². The molecule has 2 aromatic carbocycles. The Bertz CT molecular complexity index is 1140. The van der Waals surface area contributed by atoms with Crippen LogP contribution in [0.5, 0.6) is 0 Å². The van der Waals surface area contributed by atoms with E-state index in [-0.39, 0.29) is 6.61 Å². The van der Waals surface area contributed by atoms with Crippen LogP contribution >= 0.6 is 12.2 Å². The molecule has 0 saturated carbocycles. The molecule has 8 nitrogen and oxygen atoms in total. The molecule has 0 fully saturated rings. The molecule has 0 bridgehead atoms. The zero-order valence-electron chi connectivity index (χ0n) is 18.6.